The summed E-state index contributed by atoms with van der Waals surface area (Å²) in [7, 11) is 0. The van der Waals surface area contributed by atoms with E-state index in [0.29, 0.717) is 0 Å². The van der Waals surface area contributed by atoms with Crippen LogP contribution in [0.15, 0.2) is 205 Å². The number of furan rings is 1. The van der Waals surface area contributed by atoms with Crippen LogP contribution >= 0.6 is 11.3 Å². The second kappa shape index (κ2) is 12.9. The van der Waals surface area contributed by atoms with E-state index in [1.807, 2.05) is 11.3 Å². The third-order valence-corrected chi connectivity index (χ3v) is 12.1. The highest BCUT2D eigenvalue weighted by Crippen LogP contribution is 2.48. The summed E-state index contributed by atoms with van der Waals surface area (Å²) in [6.45, 7) is 0. The van der Waals surface area contributed by atoms with Crippen LogP contribution < -0.4 is 4.90 Å². The topological polar surface area (TPSA) is 16.4 Å². The van der Waals surface area contributed by atoms with Crippen LogP contribution in [0.3, 0.4) is 0 Å². The lowest BCUT2D eigenvalue weighted by molar-refractivity contribution is 0.672. The van der Waals surface area contributed by atoms with E-state index in [0.717, 1.165) is 55.5 Å². The second-order valence-electron chi connectivity index (χ2n) is 14.0. The first-order valence-corrected chi connectivity index (χ1v) is 19.5. The van der Waals surface area contributed by atoms with Gasteiger partial charge in [0.25, 0.3) is 0 Å². The summed E-state index contributed by atoms with van der Waals surface area (Å²) in [5, 5.41) is 7.09. The molecule has 258 valence electrons. The number of hydrogen-bond donors (Lipinski definition) is 0. The molecule has 0 spiro atoms. The molecule has 0 bridgehead atoms. The van der Waals surface area contributed by atoms with Crippen LogP contribution in [0, 0.1) is 0 Å². The summed E-state index contributed by atoms with van der Waals surface area (Å²) >= 11 is 1.87. The van der Waals surface area contributed by atoms with Gasteiger partial charge in [0, 0.05) is 42.2 Å². The molecule has 0 aliphatic heterocycles. The fourth-order valence-corrected chi connectivity index (χ4v) is 9.52. The lowest BCUT2D eigenvalue weighted by Gasteiger charge is -2.29. The van der Waals surface area contributed by atoms with Crippen LogP contribution in [0.4, 0.5) is 17.1 Å². The first-order valence-electron chi connectivity index (χ1n) is 18.7. The Morgan fingerprint density at radius 3 is 1.91 bits per heavy atom. The van der Waals surface area contributed by atoms with Gasteiger partial charge in [-0.25, -0.2) is 0 Å². The molecule has 0 saturated carbocycles. The molecule has 2 nitrogen and oxygen atoms in total. The lowest BCUT2D eigenvalue weighted by atomic mass is 9.95. The predicted molar refractivity (Wildman–Crippen MR) is 235 cm³/mol. The molecule has 0 N–H and O–H groups in total. The van der Waals surface area contributed by atoms with Gasteiger partial charge in [0.2, 0.25) is 0 Å². The van der Waals surface area contributed by atoms with Crippen molar-refractivity contribution in [2.24, 2.45) is 0 Å². The molecular formula is C52H33NOS. The average molecular weight is 720 g/mol. The summed E-state index contributed by atoms with van der Waals surface area (Å²) < 4.78 is 9.37. The smallest absolute Gasteiger partial charge is 0.143 e. The van der Waals surface area contributed by atoms with Crippen LogP contribution in [0.5, 0.6) is 0 Å². The van der Waals surface area contributed by atoms with Gasteiger partial charge >= 0.3 is 0 Å². The van der Waals surface area contributed by atoms with Gasteiger partial charge in [-0.15, -0.1) is 11.3 Å². The molecule has 0 aliphatic rings. The molecule has 0 radical (unpaired) electrons. The zero-order valence-electron chi connectivity index (χ0n) is 29.8. The van der Waals surface area contributed by atoms with Crippen molar-refractivity contribution in [1.82, 2.24) is 0 Å². The minimum Gasteiger partial charge on any atom is -0.455 e. The molecule has 0 unspecified atom stereocenters. The Hall–Kier alpha value is -6.94. The SMILES string of the molecule is c1ccc(-c2ccc(N(c3ccc(-c4cccc5c4sc4ccccc45)cc3)c3cccc4oc5c6ccccc6ccc5c34)c(-c3ccccc3)c2)cc1. The minimum absolute atomic E-state index is 0.865. The minimum atomic E-state index is 0.865. The number of anilines is 3. The largest absolute Gasteiger partial charge is 0.455 e. The fourth-order valence-electron chi connectivity index (χ4n) is 8.28. The van der Waals surface area contributed by atoms with E-state index in [1.165, 1.54) is 47.8 Å². The average Bonchev–Trinajstić information content (AvgIpc) is 3.84. The van der Waals surface area contributed by atoms with Gasteiger partial charge in [0.1, 0.15) is 11.2 Å². The number of fused-ring (bicyclic) bond motifs is 8. The number of hydrogen-bond acceptors (Lipinski definition) is 3. The predicted octanol–water partition coefficient (Wildman–Crippen LogP) is 15.6. The van der Waals surface area contributed by atoms with Gasteiger partial charge in [-0.2, -0.15) is 0 Å². The molecule has 11 rings (SSSR count). The fraction of sp³-hybridized carbons (Fsp3) is 0. The molecule has 2 heterocycles. The van der Waals surface area contributed by atoms with Gasteiger partial charge in [0.05, 0.1) is 16.8 Å². The molecule has 11 aromatic rings. The van der Waals surface area contributed by atoms with E-state index in [9.17, 15) is 0 Å². The lowest BCUT2D eigenvalue weighted by Crippen LogP contribution is -2.11. The first-order chi connectivity index (χ1) is 27.3. The maximum Gasteiger partial charge on any atom is 0.143 e. The van der Waals surface area contributed by atoms with Crippen molar-refractivity contribution in [2.45, 2.75) is 0 Å². The van der Waals surface area contributed by atoms with Crippen LogP contribution in [-0.4, -0.2) is 0 Å². The summed E-state index contributed by atoms with van der Waals surface area (Å²) in [6, 6.07) is 72.1. The summed E-state index contributed by atoms with van der Waals surface area (Å²) in [4.78, 5) is 2.42. The van der Waals surface area contributed by atoms with Gasteiger partial charge in [0.15, 0.2) is 0 Å². The Balaban J connectivity index is 1.16. The highest BCUT2D eigenvalue weighted by Gasteiger charge is 2.23. The van der Waals surface area contributed by atoms with E-state index in [4.69, 9.17) is 4.42 Å². The van der Waals surface area contributed by atoms with Crippen LogP contribution in [0.25, 0.3) is 86.3 Å². The number of rotatable bonds is 6. The Bertz CT molecular complexity index is 3190. The highest BCUT2D eigenvalue weighted by molar-refractivity contribution is 7.26. The Morgan fingerprint density at radius 1 is 0.400 bits per heavy atom. The van der Waals surface area contributed by atoms with Crippen LogP contribution in [-0.2, 0) is 0 Å². The standard InChI is InChI=1S/C52H33NOS/c1-3-13-34(14-4-1)38-28-32-46(45(33-38)35-15-5-2-6-16-35)53(47-22-12-23-48-50(47)44-31-27-36-17-7-8-18-40(36)51(44)54-48)39-29-25-37(26-30-39)41-20-11-21-43-42-19-9-10-24-49(42)55-52(41)43/h1-33H. The van der Waals surface area contributed by atoms with Crippen LogP contribution in [0.1, 0.15) is 0 Å². The van der Waals surface area contributed by atoms with E-state index < -0.39 is 0 Å². The quantitative estimate of drug-likeness (QED) is 0.170. The maximum atomic E-state index is 6.74. The van der Waals surface area contributed by atoms with E-state index in [2.05, 4.69) is 205 Å². The van der Waals surface area contributed by atoms with Gasteiger partial charge in [-0.1, -0.05) is 152 Å². The van der Waals surface area contributed by atoms with Crippen molar-refractivity contribution < 1.29 is 4.42 Å². The number of nitrogens with zero attached hydrogens (tertiary/aromatic N) is 1. The Labute approximate surface area is 322 Å². The van der Waals surface area contributed by atoms with Crippen LogP contribution in [0.2, 0.25) is 0 Å². The van der Waals surface area contributed by atoms with Crippen molar-refractivity contribution in [2.75, 3.05) is 4.90 Å². The number of benzene rings is 9. The van der Waals surface area contributed by atoms with Gasteiger partial charge in [-0.05, 0) is 81.7 Å². The highest BCUT2D eigenvalue weighted by atomic mass is 32.1. The molecule has 3 heteroatoms. The number of thiophene rings is 1. The van der Waals surface area contributed by atoms with E-state index in [1.54, 1.807) is 0 Å². The molecule has 55 heavy (non-hydrogen) atoms. The zero-order valence-corrected chi connectivity index (χ0v) is 30.6. The molecular weight excluding hydrogens is 687 g/mol. The van der Waals surface area contributed by atoms with E-state index >= 15 is 0 Å². The third-order valence-electron chi connectivity index (χ3n) is 10.9. The molecule has 0 atom stereocenters. The maximum absolute atomic E-state index is 6.74. The van der Waals surface area contributed by atoms with Crippen molar-refractivity contribution in [3.8, 4) is 33.4 Å². The van der Waals surface area contributed by atoms with Gasteiger partial charge in [-0.3, -0.25) is 0 Å². The molecule has 0 saturated heterocycles. The van der Waals surface area contributed by atoms with E-state index in [-0.39, 0.29) is 0 Å². The monoisotopic (exact) mass is 719 g/mol. The van der Waals surface area contributed by atoms with Gasteiger partial charge < -0.3 is 9.32 Å². The first kappa shape index (κ1) is 31.6. The van der Waals surface area contributed by atoms with Crippen molar-refractivity contribution >= 4 is 81.3 Å². The second-order valence-corrected chi connectivity index (χ2v) is 15.1. The molecule has 2 aromatic heterocycles. The Morgan fingerprint density at radius 2 is 1.07 bits per heavy atom. The molecule has 9 aromatic carbocycles. The molecule has 0 fully saturated rings. The zero-order chi connectivity index (χ0) is 36.3. The summed E-state index contributed by atoms with van der Waals surface area (Å²) in [5.74, 6) is 0. The summed E-state index contributed by atoms with van der Waals surface area (Å²) in [6.07, 6.45) is 0. The molecule has 0 aliphatic carbocycles. The third kappa shape index (κ3) is 5.24. The van der Waals surface area contributed by atoms with Crippen molar-refractivity contribution in [1.29, 1.82) is 0 Å². The van der Waals surface area contributed by atoms with Crippen molar-refractivity contribution in [3.63, 3.8) is 0 Å². The van der Waals surface area contributed by atoms with Crippen molar-refractivity contribution in [3.05, 3.63) is 200 Å². The normalized spacial score (nSPS) is 11.6. The molecule has 0 amide bonds. The Kier molecular flexibility index (Phi) is 7.39. The summed E-state index contributed by atoms with van der Waals surface area (Å²) in [5.41, 5.74) is 12.1.